The Morgan fingerprint density at radius 3 is 2.55 bits per heavy atom. The first-order valence-electron chi connectivity index (χ1n) is 10.6. The van der Waals surface area contributed by atoms with Crippen molar-refractivity contribution in [2.45, 2.75) is 25.3 Å². The van der Waals surface area contributed by atoms with Gasteiger partial charge in [-0.25, -0.2) is 9.18 Å². The lowest BCUT2D eigenvalue weighted by Gasteiger charge is -2.31. The summed E-state index contributed by atoms with van der Waals surface area (Å²) < 4.78 is 17.3. The number of hydrogen-bond donors (Lipinski definition) is 1. The van der Waals surface area contributed by atoms with Crippen molar-refractivity contribution < 1.29 is 4.39 Å². The van der Waals surface area contributed by atoms with E-state index in [2.05, 4.69) is 20.6 Å². The first-order chi connectivity index (χ1) is 15.1. The van der Waals surface area contributed by atoms with Gasteiger partial charge in [0, 0.05) is 47.8 Å². The average molecular weight is 439 g/mol. The van der Waals surface area contributed by atoms with Crippen LogP contribution < -0.4 is 5.69 Å². The molecule has 1 N–H and O–H groups in total. The Balaban J connectivity index is 1.37. The van der Waals surface area contributed by atoms with Crippen LogP contribution in [0.4, 0.5) is 4.39 Å². The van der Waals surface area contributed by atoms with E-state index in [1.807, 2.05) is 18.2 Å². The molecule has 0 aliphatic carbocycles. The van der Waals surface area contributed by atoms with Crippen molar-refractivity contribution in [1.29, 1.82) is 0 Å². The molecule has 1 aliphatic rings. The molecule has 5 nitrogen and oxygen atoms in total. The van der Waals surface area contributed by atoms with E-state index >= 15 is 0 Å². The van der Waals surface area contributed by atoms with Gasteiger partial charge in [-0.1, -0.05) is 11.6 Å². The fourth-order valence-corrected chi connectivity index (χ4v) is 4.78. The second kappa shape index (κ2) is 8.36. The zero-order chi connectivity index (χ0) is 21.4. The molecule has 0 amide bonds. The van der Waals surface area contributed by atoms with Gasteiger partial charge in [-0.2, -0.15) is 0 Å². The second-order valence-electron chi connectivity index (χ2n) is 8.17. The van der Waals surface area contributed by atoms with Crippen LogP contribution in [-0.4, -0.2) is 38.7 Å². The van der Waals surface area contributed by atoms with Crippen LogP contribution in [0.2, 0.25) is 5.02 Å². The van der Waals surface area contributed by atoms with Gasteiger partial charge in [-0.05, 0) is 79.9 Å². The fraction of sp³-hybridized carbons (Fsp3) is 0.292. The van der Waals surface area contributed by atoms with E-state index < -0.39 is 0 Å². The van der Waals surface area contributed by atoms with Crippen molar-refractivity contribution in [3.63, 3.8) is 0 Å². The molecule has 0 bridgehead atoms. The quantitative estimate of drug-likeness (QED) is 0.487. The van der Waals surface area contributed by atoms with Gasteiger partial charge >= 0.3 is 5.69 Å². The summed E-state index contributed by atoms with van der Waals surface area (Å²) in [6, 6.07) is 12.6. The van der Waals surface area contributed by atoms with E-state index in [9.17, 15) is 9.18 Å². The number of hydrogen-bond acceptors (Lipinski definition) is 2. The van der Waals surface area contributed by atoms with E-state index in [1.54, 1.807) is 29.1 Å². The number of nitrogens with zero attached hydrogens (tertiary/aromatic N) is 3. The lowest BCUT2D eigenvalue weighted by molar-refractivity contribution is 0.205. The largest absolute Gasteiger partial charge is 0.325 e. The summed E-state index contributed by atoms with van der Waals surface area (Å²) >= 11 is 6.33. The molecule has 2 aromatic heterocycles. The highest BCUT2D eigenvalue weighted by molar-refractivity contribution is 6.31. The molecule has 1 saturated heterocycles. The van der Waals surface area contributed by atoms with E-state index in [0.29, 0.717) is 12.5 Å². The predicted octanol–water partition coefficient (Wildman–Crippen LogP) is 4.79. The van der Waals surface area contributed by atoms with Gasteiger partial charge in [-0.15, -0.1) is 0 Å². The van der Waals surface area contributed by atoms with Gasteiger partial charge in [0.15, 0.2) is 0 Å². The highest BCUT2D eigenvalue weighted by atomic mass is 35.5. The molecule has 4 aromatic rings. The lowest BCUT2D eigenvalue weighted by atomic mass is 9.89. The van der Waals surface area contributed by atoms with E-state index in [0.717, 1.165) is 54.1 Å². The van der Waals surface area contributed by atoms with Gasteiger partial charge in [0.05, 0.1) is 5.52 Å². The molecule has 5 rings (SSSR count). The standard InChI is InChI=1S/C24H24ClFN4O/c25-18-1-6-23-21(15-18)22(16-30(23)20-4-2-19(26)3-5-20)17-7-10-28(11-8-17)13-14-29-12-9-27-24(29)31/h1-6,9,12,15-17H,7-8,10-11,13-14H2,(H,27,31). The van der Waals surface area contributed by atoms with Gasteiger partial charge in [0.1, 0.15) is 5.82 Å². The van der Waals surface area contributed by atoms with E-state index in [-0.39, 0.29) is 11.5 Å². The Morgan fingerprint density at radius 2 is 1.84 bits per heavy atom. The number of piperidine rings is 1. The van der Waals surface area contributed by atoms with Gasteiger partial charge in [0.25, 0.3) is 0 Å². The van der Waals surface area contributed by atoms with Crippen molar-refractivity contribution >= 4 is 22.5 Å². The molecule has 0 unspecified atom stereocenters. The molecule has 0 radical (unpaired) electrons. The third-order valence-electron chi connectivity index (χ3n) is 6.31. The number of imidazole rings is 1. The maximum atomic E-state index is 13.4. The minimum absolute atomic E-state index is 0.0552. The Bertz CT molecular complexity index is 1250. The average Bonchev–Trinajstić information content (AvgIpc) is 3.36. The highest BCUT2D eigenvalue weighted by Gasteiger charge is 2.24. The van der Waals surface area contributed by atoms with Crippen LogP contribution in [0.5, 0.6) is 0 Å². The van der Waals surface area contributed by atoms with Crippen LogP contribution in [0, 0.1) is 5.82 Å². The first kappa shape index (κ1) is 20.1. The van der Waals surface area contributed by atoms with Crippen LogP contribution >= 0.6 is 11.6 Å². The van der Waals surface area contributed by atoms with Gasteiger partial charge in [0.2, 0.25) is 0 Å². The summed E-state index contributed by atoms with van der Waals surface area (Å²) in [4.78, 5) is 16.8. The maximum absolute atomic E-state index is 13.4. The van der Waals surface area contributed by atoms with Crippen molar-refractivity contribution in [1.82, 2.24) is 19.0 Å². The Labute approximate surface area is 184 Å². The predicted molar refractivity (Wildman–Crippen MR) is 122 cm³/mol. The summed E-state index contributed by atoms with van der Waals surface area (Å²) in [6.45, 7) is 3.56. The molecule has 0 spiro atoms. The number of rotatable bonds is 5. The van der Waals surface area contributed by atoms with Gasteiger partial charge < -0.3 is 14.5 Å². The number of aromatic amines is 1. The minimum atomic E-state index is -0.238. The maximum Gasteiger partial charge on any atom is 0.325 e. The Hall–Kier alpha value is -2.83. The van der Waals surface area contributed by atoms with Crippen LogP contribution in [0.3, 0.4) is 0 Å². The number of benzene rings is 2. The molecule has 0 saturated carbocycles. The fourth-order valence-electron chi connectivity index (χ4n) is 4.61. The second-order valence-corrected chi connectivity index (χ2v) is 8.60. The Kier molecular flexibility index (Phi) is 5.42. The molecule has 31 heavy (non-hydrogen) atoms. The van der Waals surface area contributed by atoms with Crippen molar-refractivity contribution in [2.24, 2.45) is 0 Å². The molecule has 2 aromatic carbocycles. The lowest BCUT2D eigenvalue weighted by Crippen LogP contribution is -2.36. The number of fused-ring (bicyclic) bond motifs is 1. The topological polar surface area (TPSA) is 46.0 Å². The third-order valence-corrected chi connectivity index (χ3v) is 6.54. The minimum Gasteiger partial charge on any atom is -0.316 e. The third kappa shape index (κ3) is 4.05. The Morgan fingerprint density at radius 1 is 1.06 bits per heavy atom. The van der Waals surface area contributed by atoms with Crippen LogP contribution in [-0.2, 0) is 6.54 Å². The van der Waals surface area contributed by atoms with Crippen LogP contribution in [0.15, 0.2) is 65.8 Å². The summed E-state index contributed by atoms with van der Waals surface area (Å²) in [7, 11) is 0. The van der Waals surface area contributed by atoms with Crippen molar-refractivity contribution in [3.05, 3.63) is 87.9 Å². The van der Waals surface area contributed by atoms with Crippen molar-refractivity contribution in [3.8, 4) is 5.69 Å². The smallest absolute Gasteiger partial charge is 0.316 e. The summed E-state index contributed by atoms with van der Waals surface area (Å²) in [5.74, 6) is 0.201. The molecule has 7 heteroatoms. The number of aromatic nitrogens is 3. The zero-order valence-electron chi connectivity index (χ0n) is 17.1. The summed E-state index contributed by atoms with van der Waals surface area (Å²) in [5, 5.41) is 1.88. The van der Waals surface area contributed by atoms with Gasteiger partial charge in [-0.3, -0.25) is 4.57 Å². The molecule has 0 atom stereocenters. The zero-order valence-corrected chi connectivity index (χ0v) is 17.9. The van der Waals surface area contributed by atoms with Crippen LogP contribution in [0.25, 0.3) is 16.6 Å². The first-order valence-corrected chi connectivity index (χ1v) is 11.0. The SMILES string of the molecule is O=c1[nH]ccn1CCN1CCC(c2cn(-c3ccc(F)cc3)c3ccc(Cl)cc23)CC1. The van der Waals surface area contributed by atoms with E-state index in [1.165, 1.54) is 17.7 Å². The number of H-pyrrole nitrogens is 1. The molecular formula is C24H24ClFN4O. The van der Waals surface area contributed by atoms with Crippen LogP contribution in [0.1, 0.15) is 24.3 Å². The highest BCUT2D eigenvalue weighted by Crippen LogP contribution is 2.36. The number of halogens is 2. The molecular weight excluding hydrogens is 415 g/mol. The molecule has 1 aliphatic heterocycles. The molecule has 1 fully saturated rings. The normalized spacial score (nSPS) is 15.7. The number of likely N-dealkylation sites (tertiary alicyclic amines) is 1. The monoisotopic (exact) mass is 438 g/mol. The van der Waals surface area contributed by atoms with Crippen molar-refractivity contribution in [2.75, 3.05) is 19.6 Å². The summed E-state index contributed by atoms with van der Waals surface area (Å²) in [6.07, 6.45) is 7.77. The van der Waals surface area contributed by atoms with E-state index in [4.69, 9.17) is 11.6 Å². The molecule has 3 heterocycles. The summed E-state index contributed by atoms with van der Waals surface area (Å²) in [5.41, 5.74) is 3.26. The molecule has 160 valence electrons. The number of nitrogens with one attached hydrogen (secondary N) is 1.